The first-order valence-corrected chi connectivity index (χ1v) is 16.6. The van der Waals surface area contributed by atoms with Gasteiger partial charge in [0.05, 0.1) is 23.7 Å². The summed E-state index contributed by atoms with van der Waals surface area (Å²) >= 11 is 0. The monoisotopic (exact) mass is 595 g/mol. The standard InChI is InChI=1S/C44H39N2/c1-5-41-36-18-12-11-17-34(36)37-23-21-32-20-22-35-33-16-10-9-15-31(33)19-24-38(35)44(32)43-26-39(30-13-7-6-8-14-30)40(28(2)3)27-46(43)29(4)25-42(37)45-41/h5-20,22,24,26-28,37,42H,1,4,21,23,25H2,2-3H3/q+1. The molecule has 0 saturated heterocycles. The molecule has 2 unspecified atom stereocenters. The number of nitrogens with zero attached hydrogens (tertiary/aromatic N) is 2. The SMILES string of the molecule is C=CC1=NC2CC(=C)[n+]3cc(C(C)C)c(-c4ccccc4)cc3-c3c(ccc4c3ccc3ccccc34)CCC2c2ccccc21. The Balaban J connectivity index is 1.43. The summed E-state index contributed by atoms with van der Waals surface area (Å²) in [7, 11) is 0. The van der Waals surface area contributed by atoms with E-state index in [2.05, 4.69) is 140 Å². The summed E-state index contributed by atoms with van der Waals surface area (Å²) in [5.41, 5.74) is 12.4. The second kappa shape index (κ2) is 11.4. The molecule has 6 aromatic rings. The highest BCUT2D eigenvalue weighted by molar-refractivity contribution is 6.12. The number of hydrogen-bond donors (Lipinski definition) is 0. The third-order valence-corrected chi connectivity index (χ3v) is 10.2. The summed E-state index contributed by atoms with van der Waals surface area (Å²) in [4.78, 5) is 5.35. The molecule has 0 bridgehead atoms. The molecular formula is C44H39N2+. The first-order chi connectivity index (χ1) is 22.5. The lowest BCUT2D eigenvalue weighted by molar-refractivity contribution is -0.571. The number of hydrogen-bond acceptors (Lipinski definition) is 1. The van der Waals surface area contributed by atoms with Crippen LogP contribution in [0.1, 0.15) is 60.8 Å². The van der Waals surface area contributed by atoms with Crippen LogP contribution in [0.4, 0.5) is 0 Å². The average Bonchev–Trinajstić information content (AvgIpc) is 3.10. The molecular weight excluding hydrogens is 556 g/mol. The summed E-state index contributed by atoms with van der Waals surface area (Å²) in [6, 6.07) is 40.3. The van der Waals surface area contributed by atoms with Crippen molar-refractivity contribution in [2.24, 2.45) is 4.99 Å². The van der Waals surface area contributed by atoms with Crippen molar-refractivity contribution in [3.8, 4) is 22.4 Å². The van der Waals surface area contributed by atoms with E-state index >= 15 is 0 Å². The van der Waals surface area contributed by atoms with Gasteiger partial charge in [0.2, 0.25) is 5.69 Å². The number of aromatic nitrogens is 1. The number of aryl methyl sites for hydroxylation is 1. The smallest absolute Gasteiger partial charge is 0.219 e. The van der Waals surface area contributed by atoms with E-state index in [4.69, 9.17) is 11.6 Å². The molecule has 0 fully saturated rings. The maximum absolute atomic E-state index is 5.35. The Morgan fingerprint density at radius 3 is 2.39 bits per heavy atom. The Kier molecular flexibility index (Phi) is 7.02. The van der Waals surface area contributed by atoms with Gasteiger partial charge < -0.3 is 0 Å². The van der Waals surface area contributed by atoms with Crippen molar-refractivity contribution in [2.45, 2.75) is 51.0 Å². The van der Waals surface area contributed by atoms with Crippen molar-refractivity contribution in [1.82, 2.24) is 0 Å². The molecule has 3 heterocycles. The molecule has 0 N–H and O–H groups in total. The van der Waals surface area contributed by atoms with E-state index in [0.29, 0.717) is 11.8 Å². The number of rotatable bonds is 3. The van der Waals surface area contributed by atoms with Crippen molar-refractivity contribution < 1.29 is 4.57 Å². The fourth-order valence-electron chi connectivity index (χ4n) is 7.94. The van der Waals surface area contributed by atoms with Crippen LogP contribution in [0.5, 0.6) is 0 Å². The van der Waals surface area contributed by atoms with Crippen molar-refractivity contribution in [3.63, 3.8) is 0 Å². The Morgan fingerprint density at radius 2 is 1.57 bits per heavy atom. The zero-order valence-corrected chi connectivity index (χ0v) is 26.7. The molecule has 2 aliphatic rings. The normalized spacial score (nSPS) is 17.5. The lowest BCUT2D eigenvalue weighted by Gasteiger charge is -2.32. The quantitative estimate of drug-likeness (QED) is 0.143. The van der Waals surface area contributed by atoms with Gasteiger partial charge in [-0.2, -0.15) is 4.57 Å². The van der Waals surface area contributed by atoms with E-state index in [1.807, 2.05) is 6.08 Å². The summed E-state index contributed by atoms with van der Waals surface area (Å²) < 4.78 is 2.40. The average molecular weight is 596 g/mol. The number of aliphatic imine (C=N–C) groups is 1. The molecule has 46 heavy (non-hydrogen) atoms. The van der Waals surface area contributed by atoms with Crippen LogP contribution in [-0.2, 0) is 6.42 Å². The second-order valence-corrected chi connectivity index (χ2v) is 13.2. The van der Waals surface area contributed by atoms with Gasteiger partial charge in [-0.1, -0.05) is 124 Å². The Bertz CT molecular complexity index is 2200. The van der Waals surface area contributed by atoms with Gasteiger partial charge in [-0.25, -0.2) is 0 Å². The van der Waals surface area contributed by atoms with E-state index in [-0.39, 0.29) is 6.04 Å². The minimum atomic E-state index is 0.0954. The zero-order chi connectivity index (χ0) is 31.4. The molecule has 1 aromatic heterocycles. The highest BCUT2D eigenvalue weighted by atomic mass is 15.0. The number of fused-ring (bicyclic) bond motifs is 10. The minimum Gasteiger partial charge on any atom is -0.280 e. The number of allylic oxidation sites excluding steroid dienone is 1. The van der Waals surface area contributed by atoms with Crippen LogP contribution in [0.3, 0.4) is 0 Å². The van der Waals surface area contributed by atoms with Crippen LogP contribution in [-0.4, -0.2) is 11.8 Å². The molecule has 224 valence electrons. The maximum Gasteiger partial charge on any atom is 0.219 e. The predicted molar refractivity (Wildman–Crippen MR) is 195 cm³/mol. The van der Waals surface area contributed by atoms with E-state index in [1.165, 1.54) is 66.2 Å². The highest BCUT2D eigenvalue weighted by Crippen LogP contribution is 2.43. The fraction of sp³-hybridized carbons (Fsp3) is 0.182. The van der Waals surface area contributed by atoms with Gasteiger partial charge in [0, 0.05) is 23.1 Å². The van der Waals surface area contributed by atoms with Gasteiger partial charge in [0.15, 0.2) is 11.9 Å². The molecule has 0 saturated carbocycles. The van der Waals surface area contributed by atoms with Crippen LogP contribution in [0.2, 0.25) is 0 Å². The van der Waals surface area contributed by atoms with Gasteiger partial charge in [-0.3, -0.25) is 4.99 Å². The van der Waals surface area contributed by atoms with Crippen molar-refractivity contribution >= 4 is 33.0 Å². The topological polar surface area (TPSA) is 16.2 Å². The first-order valence-electron chi connectivity index (χ1n) is 16.6. The van der Waals surface area contributed by atoms with Crippen LogP contribution >= 0.6 is 0 Å². The van der Waals surface area contributed by atoms with Gasteiger partial charge >= 0.3 is 0 Å². The van der Waals surface area contributed by atoms with E-state index in [0.717, 1.165) is 30.7 Å². The first kappa shape index (κ1) is 28.4. The van der Waals surface area contributed by atoms with E-state index < -0.39 is 0 Å². The zero-order valence-electron chi connectivity index (χ0n) is 26.7. The van der Waals surface area contributed by atoms with Crippen LogP contribution in [0.25, 0.3) is 49.6 Å². The van der Waals surface area contributed by atoms with Crippen LogP contribution < -0.4 is 4.57 Å². The van der Waals surface area contributed by atoms with Crippen LogP contribution in [0.15, 0.2) is 140 Å². The molecule has 0 spiro atoms. The number of pyridine rings is 1. The fourth-order valence-corrected chi connectivity index (χ4v) is 7.94. The highest BCUT2D eigenvalue weighted by Gasteiger charge is 2.35. The maximum atomic E-state index is 5.35. The van der Waals surface area contributed by atoms with Crippen molar-refractivity contribution in [1.29, 1.82) is 0 Å². The summed E-state index contributed by atoms with van der Waals surface area (Å²) in [5, 5.41) is 5.15. The van der Waals surface area contributed by atoms with E-state index in [9.17, 15) is 0 Å². The summed E-state index contributed by atoms with van der Waals surface area (Å²) in [6.07, 6.45) is 7.06. The van der Waals surface area contributed by atoms with E-state index in [1.54, 1.807) is 0 Å². The Morgan fingerprint density at radius 1 is 0.804 bits per heavy atom. The van der Waals surface area contributed by atoms with Crippen LogP contribution in [0, 0.1) is 0 Å². The lowest BCUT2D eigenvalue weighted by atomic mass is 9.77. The Labute approximate surface area is 272 Å². The molecule has 2 atom stereocenters. The third kappa shape index (κ3) is 4.63. The molecule has 8 rings (SSSR count). The molecule has 0 amide bonds. The molecule has 2 nitrogen and oxygen atoms in total. The minimum absolute atomic E-state index is 0.0954. The molecule has 2 aliphatic heterocycles. The molecule has 0 radical (unpaired) electrons. The van der Waals surface area contributed by atoms with Gasteiger partial charge in [-0.05, 0) is 75.2 Å². The molecule has 2 heteroatoms. The number of benzene rings is 5. The van der Waals surface area contributed by atoms with Crippen molar-refractivity contribution in [3.05, 3.63) is 157 Å². The molecule has 5 aromatic carbocycles. The summed E-state index contributed by atoms with van der Waals surface area (Å²) in [6.45, 7) is 13.5. The lowest BCUT2D eigenvalue weighted by Crippen LogP contribution is -2.39. The second-order valence-electron chi connectivity index (χ2n) is 13.2. The molecule has 0 aliphatic carbocycles. The largest absolute Gasteiger partial charge is 0.280 e. The summed E-state index contributed by atoms with van der Waals surface area (Å²) in [5.74, 6) is 0.638. The van der Waals surface area contributed by atoms with Gasteiger partial charge in [-0.15, -0.1) is 0 Å². The van der Waals surface area contributed by atoms with Gasteiger partial charge in [0.1, 0.15) is 0 Å². The Hall–Kier alpha value is -5.08. The van der Waals surface area contributed by atoms with Gasteiger partial charge in [0.25, 0.3) is 0 Å². The third-order valence-electron chi connectivity index (χ3n) is 10.2. The predicted octanol–water partition coefficient (Wildman–Crippen LogP) is 10.7. The van der Waals surface area contributed by atoms with Crippen molar-refractivity contribution in [2.75, 3.05) is 0 Å².